The fourth-order valence-electron chi connectivity index (χ4n) is 2.72. The highest BCUT2D eigenvalue weighted by atomic mass is 32.2. The van der Waals surface area contributed by atoms with Gasteiger partial charge in [0.1, 0.15) is 0 Å². The summed E-state index contributed by atoms with van der Waals surface area (Å²) >= 11 is 1.26. The summed E-state index contributed by atoms with van der Waals surface area (Å²) in [5, 5.41) is 0.536. The fourth-order valence-corrected chi connectivity index (χ4v) is 3.70. The predicted octanol–water partition coefficient (Wildman–Crippen LogP) is 3.72. The number of para-hydroxylation sites is 1. The van der Waals surface area contributed by atoms with E-state index < -0.39 is 5.97 Å². The van der Waals surface area contributed by atoms with E-state index in [4.69, 9.17) is 9.47 Å². The molecule has 2 aromatic carbocycles. The van der Waals surface area contributed by atoms with Crippen LogP contribution in [0.25, 0.3) is 6.08 Å². The van der Waals surface area contributed by atoms with Gasteiger partial charge in [-0.3, -0.25) is 9.69 Å². The summed E-state index contributed by atoms with van der Waals surface area (Å²) in [6, 6.07) is 12.1. The van der Waals surface area contributed by atoms with E-state index in [9.17, 15) is 9.59 Å². The molecule has 8 heteroatoms. The number of methoxy groups -OCH3 is 3. The smallest absolute Gasteiger partial charge is 0.337 e. The Labute approximate surface area is 173 Å². The van der Waals surface area contributed by atoms with Gasteiger partial charge in [0.05, 0.1) is 37.5 Å². The predicted molar refractivity (Wildman–Crippen MR) is 113 cm³/mol. The number of amidine groups is 1. The molecule has 1 aliphatic heterocycles. The average molecular weight is 412 g/mol. The number of likely N-dealkylation sites (N-methyl/N-ethyl adjacent to an activating group) is 1. The lowest BCUT2D eigenvalue weighted by atomic mass is 10.1. The van der Waals surface area contributed by atoms with Gasteiger partial charge in [-0.05, 0) is 48.2 Å². The van der Waals surface area contributed by atoms with Crippen molar-refractivity contribution >= 4 is 40.6 Å². The molecule has 0 aliphatic carbocycles. The van der Waals surface area contributed by atoms with E-state index in [1.54, 1.807) is 57.7 Å². The van der Waals surface area contributed by atoms with Gasteiger partial charge in [0.25, 0.3) is 5.91 Å². The van der Waals surface area contributed by atoms with Crippen LogP contribution in [0.3, 0.4) is 0 Å². The van der Waals surface area contributed by atoms with E-state index in [2.05, 4.69) is 9.73 Å². The molecular formula is C21H20N2O5S. The Kier molecular flexibility index (Phi) is 6.23. The maximum atomic E-state index is 12.7. The minimum absolute atomic E-state index is 0.162. The second-order valence-electron chi connectivity index (χ2n) is 5.99. The Morgan fingerprint density at radius 1 is 1.07 bits per heavy atom. The Balaban J connectivity index is 1.89. The van der Waals surface area contributed by atoms with Crippen molar-refractivity contribution in [1.82, 2.24) is 4.90 Å². The Hall–Kier alpha value is -3.26. The van der Waals surface area contributed by atoms with Gasteiger partial charge in [-0.2, -0.15) is 0 Å². The largest absolute Gasteiger partial charge is 0.493 e. The van der Waals surface area contributed by atoms with Crippen molar-refractivity contribution < 1.29 is 23.8 Å². The molecule has 0 saturated carbocycles. The maximum absolute atomic E-state index is 12.7. The third-order valence-corrected chi connectivity index (χ3v) is 5.30. The zero-order valence-electron chi connectivity index (χ0n) is 16.5. The molecule has 150 valence electrons. The minimum Gasteiger partial charge on any atom is -0.493 e. The van der Waals surface area contributed by atoms with Crippen LogP contribution in [0, 0.1) is 0 Å². The number of hydrogen-bond donors (Lipinski definition) is 0. The zero-order chi connectivity index (χ0) is 21.0. The number of thioether (sulfide) groups is 1. The first-order valence-corrected chi connectivity index (χ1v) is 9.45. The highest BCUT2D eigenvalue weighted by Crippen LogP contribution is 2.37. The van der Waals surface area contributed by atoms with Crippen LogP contribution in [0.4, 0.5) is 5.69 Å². The van der Waals surface area contributed by atoms with Gasteiger partial charge in [-0.15, -0.1) is 0 Å². The molecule has 0 atom stereocenters. The molecule has 0 aromatic heterocycles. The molecule has 7 nitrogen and oxygen atoms in total. The van der Waals surface area contributed by atoms with E-state index >= 15 is 0 Å². The summed E-state index contributed by atoms with van der Waals surface area (Å²) in [6.45, 7) is 0. The van der Waals surface area contributed by atoms with Crippen molar-refractivity contribution in [2.45, 2.75) is 0 Å². The van der Waals surface area contributed by atoms with E-state index in [0.29, 0.717) is 32.8 Å². The summed E-state index contributed by atoms with van der Waals surface area (Å²) in [4.78, 5) is 30.7. The second kappa shape index (κ2) is 8.83. The van der Waals surface area contributed by atoms with Crippen LogP contribution in [0.15, 0.2) is 52.4 Å². The molecule has 0 radical (unpaired) electrons. The second-order valence-corrected chi connectivity index (χ2v) is 7.00. The number of hydrogen-bond acceptors (Lipinski definition) is 7. The molecule has 1 saturated heterocycles. The molecule has 1 fully saturated rings. The molecule has 3 rings (SSSR count). The van der Waals surface area contributed by atoms with Crippen LogP contribution in [0.5, 0.6) is 11.5 Å². The van der Waals surface area contributed by atoms with Crippen molar-refractivity contribution in [3.05, 3.63) is 58.5 Å². The normalized spacial score (nSPS) is 16.4. The van der Waals surface area contributed by atoms with Gasteiger partial charge in [-0.1, -0.05) is 12.1 Å². The fraction of sp³-hybridized carbons (Fsp3) is 0.190. The van der Waals surface area contributed by atoms with Gasteiger partial charge in [0, 0.05) is 12.6 Å². The number of carbonyl (C=O) groups is 2. The van der Waals surface area contributed by atoms with Crippen LogP contribution in [0.1, 0.15) is 15.9 Å². The van der Waals surface area contributed by atoms with Crippen LogP contribution in [0.2, 0.25) is 0 Å². The molecule has 1 heterocycles. The third-order valence-electron chi connectivity index (χ3n) is 4.24. The number of carbonyl (C=O) groups excluding carboxylic acids is 2. The number of rotatable bonds is 5. The molecule has 0 unspecified atom stereocenters. The third kappa shape index (κ3) is 4.27. The number of esters is 1. The minimum atomic E-state index is -0.413. The average Bonchev–Trinajstić information content (AvgIpc) is 3.01. The lowest BCUT2D eigenvalue weighted by molar-refractivity contribution is -0.121. The first-order chi connectivity index (χ1) is 14.0. The van der Waals surface area contributed by atoms with Gasteiger partial charge in [0.15, 0.2) is 16.7 Å². The van der Waals surface area contributed by atoms with Crippen molar-refractivity contribution in [1.29, 1.82) is 0 Å². The van der Waals surface area contributed by atoms with E-state index in [1.807, 2.05) is 12.1 Å². The van der Waals surface area contributed by atoms with Crippen molar-refractivity contribution in [3.8, 4) is 11.5 Å². The van der Waals surface area contributed by atoms with Crippen LogP contribution >= 0.6 is 11.8 Å². The van der Waals surface area contributed by atoms with Gasteiger partial charge in [-0.25, -0.2) is 9.79 Å². The molecule has 0 bridgehead atoms. The topological polar surface area (TPSA) is 77.4 Å². The monoisotopic (exact) mass is 412 g/mol. The van der Waals surface area contributed by atoms with Crippen LogP contribution in [-0.2, 0) is 9.53 Å². The molecular weight excluding hydrogens is 392 g/mol. The van der Waals surface area contributed by atoms with Crippen LogP contribution in [-0.4, -0.2) is 50.3 Å². The van der Waals surface area contributed by atoms with Gasteiger partial charge in [0.2, 0.25) is 0 Å². The SMILES string of the molecule is COC(=O)c1ccc(N=C2S/C(=C/c3cccc(OC)c3OC)C(=O)N2C)cc1. The molecule has 1 aliphatic rings. The zero-order valence-corrected chi connectivity index (χ0v) is 17.3. The van der Waals surface area contributed by atoms with Crippen molar-refractivity contribution in [3.63, 3.8) is 0 Å². The Morgan fingerprint density at radius 2 is 1.79 bits per heavy atom. The van der Waals surface area contributed by atoms with Gasteiger partial charge >= 0.3 is 5.97 Å². The van der Waals surface area contributed by atoms with Crippen molar-refractivity contribution in [2.75, 3.05) is 28.4 Å². The number of amides is 1. The first-order valence-electron chi connectivity index (χ1n) is 8.64. The summed E-state index contributed by atoms with van der Waals surface area (Å²) in [5.41, 5.74) is 1.80. The molecule has 2 aromatic rings. The highest BCUT2D eigenvalue weighted by Gasteiger charge is 2.30. The molecule has 1 amide bonds. The van der Waals surface area contributed by atoms with Crippen LogP contribution < -0.4 is 9.47 Å². The van der Waals surface area contributed by atoms with E-state index in [0.717, 1.165) is 5.56 Å². The van der Waals surface area contributed by atoms with Crippen molar-refractivity contribution in [2.24, 2.45) is 4.99 Å². The van der Waals surface area contributed by atoms with E-state index in [1.165, 1.54) is 23.8 Å². The number of nitrogens with zero attached hydrogens (tertiary/aromatic N) is 2. The summed E-state index contributed by atoms with van der Waals surface area (Å²) < 4.78 is 15.4. The number of benzene rings is 2. The first kappa shape index (κ1) is 20.5. The van der Waals surface area contributed by atoms with E-state index in [-0.39, 0.29) is 5.91 Å². The number of aliphatic imine (C=N–C) groups is 1. The highest BCUT2D eigenvalue weighted by molar-refractivity contribution is 8.18. The molecule has 0 N–H and O–H groups in total. The summed E-state index contributed by atoms with van der Waals surface area (Å²) in [5.74, 6) is 0.571. The quantitative estimate of drug-likeness (QED) is 0.550. The standard InChI is InChI=1S/C21H20N2O5S/c1-23-19(24)17(12-14-6-5-7-16(26-2)18(14)27-3)29-21(23)22-15-10-8-13(9-11-15)20(25)28-4/h5-12H,1-4H3/b17-12+,22-21?. The summed E-state index contributed by atoms with van der Waals surface area (Å²) in [6.07, 6.45) is 1.76. The number of ether oxygens (including phenoxy) is 3. The molecule has 29 heavy (non-hydrogen) atoms. The molecule has 0 spiro atoms. The lowest BCUT2D eigenvalue weighted by Gasteiger charge is -2.10. The Bertz CT molecular complexity index is 999. The summed E-state index contributed by atoms with van der Waals surface area (Å²) in [7, 11) is 6.12. The van der Waals surface area contributed by atoms with Gasteiger partial charge < -0.3 is 14.2 Å². The Morgan fingerprint density at radius 3 is 2.41 bits per heavy atom. The maximum Gasteiger partial charge on any atom is 0.337 e. The lowest BCUT2D eigenvalue weighted by Crippen LogP contribution is -2.23.